The van der Waals surface area contributed by atoms with Crippen LogP contribution in [0.25, 0.3) is 0 Å². The van der Waals surface area contributed by atoms with Crippen molar-refractivity contribution in [2.24, 2.45) is 0 Å². The second kappa shape index (κ2) is 7.65. The summed E-state index contributed by atoms with van der Waals surface area (Å²) in [4.78, 5) is 13.6. The van der Waals surface area contributed by atoms with Crippen LogP contribution in [0, 0.1) is 0 Å². The fraction of sp³-hybridized carbons (Fsp3) is 0.667. The van der Waals surface area contributed by atoms with E-state index in [0.29, 0.717) is 0 Å². The summed E-state index contributed by atoms with van der Waals surface area (Å²) in [5.41, 5.74) is 1.26. The zero-order chi connectivity index (χ0) is 13.5. The van der Waals surface area contributed by atoms with Crippen LogP contribution < -0.4 is 5.32 Å². The molecule has 0 aromatic carbocycles. The number of aliphatic hydroxyl groups is 1. The molecule has 0 saturated heterocycles. The van der Waals surface area contributed by atoms with Crippen LogP contribution in [0.15, 0.2) is 11.4 Å². The number of carbonyl (C=O) groups excluding carboxylic acids is 1. The Hall–Kier alpha value is -0.870. The third-order valence-corrected chi connectivity index (χ3v) is 4.75. The molecule has 1 amide bonds. The maximum Gasteiger partial charge on any atom is 0.227 e. The number of aliphatic hydroxyl groups excluding tert-OH is 1. The Balaban J connectivity index is 1.73. The van der Waals surface area contributed by atoms with Crippen LogP contribution in [-0.2, 0) is 11.2 Å². The molecule has 2 rings (SSSR count). The fourth-order valence-corrected chi connectivity index (χ4v) is 3.67. The van der Waals surface area contributed by atoms with E-state index in [1.54, 1.807) is 11.3 Å². The minimum atomic E-state index is 0.0763. The molecule has 1 aliphatic rings. The Morgan fingerprint density at radius 1 is 1.37 bits per heavy atom. The first-order valence-corrected chi connectivity index (χ1v) is 8.15. The molecular formula is C15H23NO2S. The lowest BCUT2D eigenvalue weighted by Gasteiger charge is -2.21. The Labute approximate surface area is 119 Å². The van der Waals surface area contributed by atoms with Gasteiger partial charge in [-0.05, 0) is 49.1 Å². The summed E-state index contributed by atoms with van der Waals surface area (Å²) in [6.07, 6.45) is 7.25. The molecule has 0 fully saturated rings. The van der Waals surface area contributed by atoms with Crippen LogP contribution in [-0.4, -0.2) is 24.2 Å². The highest BCUT2D eigenvalue weighted by Crippen LogP contribution is 2.34. The van der Waals surface area contributed by atoms with Gasteiger partial charge in [0.15, 0.2) is 0 Å². The Bertz CT molecular complexity index is 403. The van der Waals surface area contributed by atoms with Crippen molar-refractivity contribution in [2.75, 3.05) is 13.2 Å². The number of carbonyl (C=O) groups is 1. The third-order valence-electron chi connectivity index (χ3n) is 3.75. The largest absolute Gasteiger partial charge is 0.396 e. The average molecular weight is 281 g/mol. The summed E-state index contributed by atoms with van der Waals surface area (Å²) in [6.45, 7) is 1.04. The molecule has 0 bridgehead atoms. The smallest absolute Gasteiger partial charge is 0.227 e. The number of amides is 1. The molecule has 1 aliphatic carbocycles. The summed E-state index contributed by atoms with van der Waals surface area (Å²) >= 11 is 1.78. The maximum absolute atomic E-state index is 12.2. The van der Waals surface area contributed by atoms with Gasteiger partial charge in [-0.3, -0.25) is 4.79 Å². The Kier molecular flexibility index (Phi) is 5.86. The van der Waals surface area contributed by atoms with E-state index in [-0.39, 0.29) is 18.4 Å². The predicted molar refractivity (Wildman–Crippen MR) is 78.6 cm³/mol. The third kappa shape index (κ3) is 4.05. The van der Waals surface area contributed by atoms with E-state index in [9.17, 15) is 4.79 Å². The Morgan fingerprint density at radius 3 is 3.05 bits per heavy atom. The second-order valence-corrected chi connectivity index (χ2v) is 6.17. The first kappa shape index (κ1) is 14.5. The molecule has 2 N–H and O–H groups in total. The summed E-state index contributed by atoms with van der Waals surface area (Å²) < 4.78 is 0. The Morgan fingerprint density at radius 2 is 2.21 bits per heavy atom. The van der Waals surface area contributed by atoms with Gasteiger partial charge in [-0.25, -0.2) is 0 Å². The highest BCUT2D eigenvalue weighted by atomic mass is 32.1. The number of hydrogen-bond donors (Lipinski definition) is 2. The van der Waals surface area contributed by atoms with Crippen molar-refractivity contribution in [1.82, 2.24) is 5.32 Å². The van der Waals surface area contributed by atoms with Gasteiger partial charge in [0.1, 0.15) is 0 Å². The number of nitrogens with one attached hydrogen (secondary N) is 1. The van der Waals surface area contributed by atoms with Crippen LogP contribution in [0.5, 0.6) is 0 Å². The van der Waals surface area contributed by atoms with E-state index in [1.807, 2.05) is 0 Å². The maximum atomic E-state index is 12.2. The van der Waals surface area contributed by atoms with Crippen molar-refractivity contribution in [3.05, 3.63) is 21.9 Å². The van der Waals surface area contributed by atoms with Crippen molar-refractivity contribution < 1.29 is 9.90 Å². The molecule has 1 aromatic rings. The lowest BCUT2D eigenvalue weighted by Crippen LogP contribution is -2.31. The van der Waals surface area contributed by atoms with E-state index in [0.717, 1.165) is 51.5 Å². The van der Waals surface area contributed by atoms with Gasteiger partial charge in [0, 0.05) is 18.0 Å². The van der Waals surface area contributed by atoms with Gasteiger partial charge in [-0.15, -0.1) is 11.3 Å². The molecule has 1 heterocycles. The fourth-order valence-electron chi connectivity index (χ4n) is 2.68. The molecule has 1 unspecified atom stereocenters. The first-order chi connectivity index (χ1) is 9.33. The van der Waals surface area contributed by atoms with Gasteiger partial charge in [0.05, 0.1) is 5.92 Å². The molecule has 1 aromatic heterocycles. The highest BCUT2D eigenvalue weighted by Gasteiger charge is 2.26. The summed E-state index contributed by atoms with van der Waals surface area (Å²) in [5, 5.41) is 13.9. The summed E-state index contributed by atoms with van der Waals surface area (Å²) in [6, 6.07) is 2.12. The summed E-state index contributed by atoms with van der Waals surface area (Å²) in [7, 11) is 0. The lowest BCUT2D eigenvalue weighted by atomic mass is 9.87. The van der Waals surface area contributed by atoms with Gasteiger partial charge < -0.3 is 10.4 Å². The number of rotatable bonds is 7. The number of unbranched alkanes of at least 4 members (excludes halogenated alkanes) is 3. The molecule has 106 valence electrons. The summed E-state index contributed by atoms with van der Waals surface area (Å²) in [5.74, 6) is 0.272. The van der Waals surface area contributed by atoms with E-state index in [2.05, 4.69) is 16.8 Å². The standard InChI is InChI=1S/C15H23NO2S/c17-10-4-2-1-3-9-16-15(18)13-6-5-7-14-12(13)8-11-19-14/h8,11,13,17H,1-7,9-10H2,(H,16,18). The zero-order valence-electron chi connectivity index (χ0n) is 11.4. The monoisotopic (exact) mass is 281 g/mol. The van der Waals surface area contributed by atoms with Crippen LogP contribution in [0.3, 0.4) is 0 Å². The molecule has 0 spiro atoms. The molecule has 0 radical (unpaired) electrons. The molecule has 1 atom stereocenters. The normalized spacial score (nSPS) is 18.1. The van der Waals surface area contributed by atoms with Crippen molar-refractivity contribution >= 4 is 17.2 Å². The quantitative estimate of drug-likeness (QED) is 0.755. The van der Waals surface area contributed by atoms with Crippen LogP contribution in [0.1, 0.15) is 54.9 Å². The van der Waals surface area contributed by atoms with Crippen molar-refractivity contribution in [1.29, 1.82) is 0 Å². The second-order valence-electron chi connectivity index (χ2n) is 5.17. The first-order valence-electron chi connectivity index (χ1n) is 7.27. The molecule has 0 saturated carbocycles. The van der Waals surface area contributed by atoms with E-state index in [4.69, 9.17) is 5.11 Å². The van der Waals surface area contributed by atoms with E-state index in [1.165, 1.54) is 10.4 Å². The zero-order valence-corrected chi connectivity index (χ0v) is 12.2. The number of hydrogen-bond acceptors (Lipinski definition) is 3. The number of thiophene rings is 1. The van der Waals surface area contributed by atoms with Gasteiger partial charge in [0.2, 0.25) is 5.91 Å². The lowest BCUT2D eigenvalue weighted by molar-refractivity contribution is -0.122. The molecule has 19 heavy (non-hydrogen) atoms. The van der Waals surface area contributed by atoms with Crippen LogP contribution >= 0.6 is 11.3 Å². The van der Waals surface area contributed by atoms with Gasteiger partial charge >= 0.3 is 0 Å². The minimum absolute atomic E-state index is 0.0763. The van der Waals surface area contributed by atoms with Crippen molar-refractivity contribution in [3.8, 4) is 0 Å². The predicted octanol–water partition coefficient (Wildman–Crippen LogP) is 2.84. The number of aryl methyl sites for hydroxylation is 1. The highest BCUT2D eigenvalue weighted by molar-refractivity contribution is 7.10. The van der Waals surface area contributed by atoms with Crippen molar-refractivity contribution in [3.63, 3.8) is 0 Å². The van der Waals surface area contributed by atoms with Gasteiger partial charge in [-0.1, -0.05) is 12.8 Å². The van der Waals surface area contributed by atoms with Crippen molar-refractivity contribution in [2.45, 2.75) is 50.9 Å². The molecular weight excluding hydrogens is 258 g/mol. The van der Waals surface area contributed by atoms with Crippen LogP contribution in [0.2, 0.25) is 0 Å². The average Bonchev–Trinajstić information content (AvgIpc) is 2.90. The van der Waals surface area contributed by atoms with E-state index < -0.39 is 0 Å². The van der Waals surface area contributed by atoms with Gasteiger partial charge in [0.25, 0.3) is 0 Å². The van der Waals surface area contributed by atoms with Gasteiger partial charge in [-0.2, -0.15) is 0 Å². The molecule has 0 aliphatic heterocycles. The molecule has 3 nitrogen and oxygen atoms in total. The van der Waals surface area contributed by atoms with E-state index >= 15 is 0 Å². The minimum Gasteiger partial charge on any atom is -0.396 e. The topological polar surface area (TPSA) is 49.3 Å². The SMILES string of the molecule is O=C(NCCCCCCO)C1CCCc2sccc21. The molecule has 4 heteroatoms. The van der Waals surface area contributed by atoms with Crippen LogP contribution in [0.4, 0.5) is 0 Å². The number of fused-ring (bicyclic) bond motifs is 1.